The number of nitro groups is 1. The van der Waals surface area contributed by atoms with Gasteiger partial charge in [-0.2, -0.15) is 0 Å². The molecular weight excluding hydrogens is 324 g/mol. The van der Waals surface area contributed by atoms with Crippen molar-refractivity contribution in [2.75, 3.05) is 19.6 Å². The topological polar surface area (TPSA) is 113 Å². The summed E-state index contributed by atoms with van der Waals surface area (Å²) in [6.07, 6.45) is 2.08. The van der Waals surface area contributed by atoms with E-state index in [0.717, 1.165) is 19.4 Å². The number of halogens is 1. The molecule has 9 heteroatoms. The van der Waals surface area contributed by atoms with E-state index < -0.39 is 16.5 Å². The third-order valence-electron chi connectivity index (χ3n) is 3.53. The molecule has 8 nitrogen and oxygen atoms in total. The summed E-state index contributed by atoms with van der Waals surface area (Å²) in [5.74, 6) is -1.11. The van der Waals surface area contributed by atoms with E-state index in [1.165, 1.54) is 18.2 Å². The number of benzene rings is 1. The molecule has 0 saturated carbocycles. The third kappa shape index (κ3) is 4.64. The van der Waals surface area contributed by atoms with Crippen LogP contribution < -0.4 is 16.0 Å². The highest BCUT2D eigenvalue weighted by Gasteiger charge is 2.23. The summed E-state index contributed by atoms with van der Waals surface area (Å²) in [5, 5.41) is 19.2. The van der Waals surface area contributed by atoms with Gasteiger partial charge in [-0.05, 0) is 25.5 Å². The first kappa shape index (κ1) is 17.2. The van der Waals surface area contributed by atoms with Crippen molar-refractivity contribution in [1.82, 2.24) is 16.0 Å². The fraction of sp³-hybridized carbons (Fsp3) is 0.429. The lowest BCUT2D eigenvalue weighted by atomic mass is 10.1. The zero-order valence-corrected chi connectivity index (χ0v) is 13.1. The molecule has 23 heavy (non-hydrogen) atoms. The van der Waals surface area contributed by atoms with E-state index in [0.29, 0.717) is 6.54 Å². The lowest BCUT2D eigenvalue weighted by molar-refractivity contribution is -0.385. The summed E-state index contributed by atoms with van der Waals surface area (Å²) >= 11 is 5.86. The zero-order chi connectivity index (χ0) is 16.8. The maximum absolute atomic E-state index is 12.1. The molecule has 1 aromatic rings. The molecule has 1 saturated heterocycles. The third-order valence-corrected chi connectivity index (χ3v) is 3.85. The molecule has 0 aromatic heterocycles. The first-order valence-corrected chi connectivity index (χ1v) is 7.58. The molecule has 0 radical (unpaired) electrons. The lowest BCUT2D eigenvalue weighted by Gasteiger charge is -2.12. The van der Waals surface area contributed by atoms with E-state index in [9.17, 15) is 19.7 Å². The Bertz CT molecular complexity index is 617. The Labute approximate surface area is 137 Å². The van der Waals surface area contributed by atoms with E-state index in [-0.39, 0.29) is 29.1 Å². The summed E-state index contributed by atoms with van der Waals surface area (Å²) in [6.45, 7) is 1.16. The monoisotopic (exact) mass is 340 g/mol. The van der Waals surface area contributed by atoms with Gasteiger partial charge in [-0.1, -0.05) is 17.7 Å². The summed E-state index contributed by atoms with van der Waals surface area (Å²) in [4.78, 5) is 34.0. The second kappa shape index (κ2) is 7.89. The normalized spacial score (nSPS) is 16.8. The van der Waals surface area contributed by atoms with Crippen molar-refractivity contribution in [2.24, 2.45) is 0 Å². The molecule has 124 valence electrons. The van der Waals surface area contributed by atoms with Crippen molar-refractivity contribution in [3.8, 4) is 0 Å². The summed E-state index contributed by atoms with van der Waals surface area (Å²) in [6, 6.07) is 4.21. The molecule has 1 aliphatic rings. The van der Waals surface area contributed by atoms with Gasteiger partial charge < -0.3 is 16.0 Å². The van der Waals surface area contributed by atoms with Crippen LogP contribution in [0.5, 0.6) is 0 Å². The van der Waals surface area contributed by atoms with Gasteiger partial charge in [-0.15, -0.1) is 0 Å². The van der Waals surface area contributed by atoms with Gasteiger partial charge in [0, 0.05) is 18.7 Å². The predicted molar refractivity (Wildman–Crippen MR) is 84.5 cm³/mol. The van der Waals surface area contributed by atoms with Gasteiger partial charge in [0.2, 0.25) is 5.91 Å². The number of hydrogen-bond acceptors (Lipinski definition) is 5. The number of nitro benzene ring substituents is 1. The molecule has 2 amide bonds. The SMILES string of the molecule is O=C(CNC(=O)c1c(Cl)cccc1[N+](=O)[O-])NCC1CCCN1. The Balaban J connectivity index is 1.89. The Hall–Kier alpha value is -2.19. The van der Waals surface area contributed by atoms with Gasteiger partial charge in [0.1, 0.15) is 5.56 Å². The number of rotatable bonds is 6. The predicted octanol–water partition coefficient (Wildman–Crippen LogP) is 0.846. The highest BCUT2D eigenvalue weighted by Crippen LogP contribution is 2.25. The van der Waals surface area contributed by atoms with Crippen LogP contribution in [-0.4, -0.2) is 42.4 Å². The summed E-state index contributed by atoms with van der Waals surface area (Å²) in [7, 11) is 0. The number of hydrogen-bond donors (Lipinski definition) is 3. The van der Waals surface area contributed by atoms with Crippen molar-refractivity contribution >= 4 is 29.1 Å². The Morgan fingerprint density at radius 3 is 2.83 bits per heavy atom. The first-order chi connectivity index (χ1) is 11.0. The van der Waals surface area contributed by atoms with E-state index in [4.69, 9.17) is 11.6 Å². The molecule has 1 unspecified atom stereocenters. The summed E-state index contributed by atoms with van der Waals surface area (Å²) < 4.78 is 0. The maximum Gasteiger partial charge on any atom is 0.283 e. The lowest BCUT2D eigenvalue weighted by Crippen LogP contribution is -2.42. The molecule has 1 aliphatic heterocycles. The van der Waals surface area contributed by atoms with Crippen LogP contribution in [0.4, 0.5) is 5.69 Å². The average molecular weight is 341 g/mol. The standard InChI is InChI=1S/C14H17ClN4O4/c15-10-4-1-5-11(19(22)23)13(10)14(21)18-8-12(20)17-7-9-3-2-6-16-9/h1,4-5,9,16H,2-3,6-8H2,(H,17,20)(H,18,21). The van der Waals surface area contributed by atoms with Gasteiger partial charge in [0.05, 0.1) is 16.5 Å². The van der Waals surface area contributed by atoms with E-state index >= 15 is 0 Å². The number of carbonyl (C=O) groups is 2. The van der Waals surface area contributed by atoms with Crippen LogP contribution in [-0.2, 0) is 4.79 Å². The highest BCUT2D eigenvalue weighted by atomic mass is 35.5. The van der Waals surface area contributed by atoms with Gasteiger partial charge in [-0.25, -0.2) is 0 Å². The minimum absolute atomic E-state index is 0.0349. The number of carbonyl (C=O) groups excluding carboxylic acids is 2. The molecule has 3 N–H and O–H groups in total. The smallest absolute Gasteiger partial charge is 0.283 e. The second-order valence-corrected chi connectivity index (χ2v) is 5.58. The Morgan fingerprint density at radius 1 is 1.39 bits per heavy atom. The molecular formula is C14H17ClN4O4. The molecule has 1 atom stereocenters. The van der Waals surface area contributed by atoms with Crippen molar-refractivity contribution in [1.29, 1.82) is 0 Å². The minimum atomic E-state index is -0.753. The molecule has 1 heterocycles. The molecule has 2 rings (SSSR count). The Morgan fingerprint density at radius 2 is 2.17 bits per heavy atom. The molecule has 1 aromatic carbocycles. The van der Waals surface area contributed by atoms with Crippen LogP contribution in [0.3, 0.4) is 0 Å². The number of nitrogens with zero attached hydrogens (tertiary/aromatic N) is 1. The quantitative estimate of drug-likeness (QED) is 0.524. The van der Waals surface area contributed by atoms with Crippen molar-refractivity contribution in [2.45, 2.75) is 18.9 Å². The molecule has 0 bridgehead atoms. The fourth-order valence-corrected chi connectivity index (χ4v) is 2.62. The number of nitrogens with one attached hydrogen (secondary N) is 3. The van der Waals surface area contributed by atoms with Crippen LogP contribution in [0, 0.1) is 10.1 Å². The zero-order valence-electron chi connectivity index (χ0n) is 12.3. The van der Waals surface area contributed by atoms with Crippen LogP contribution in [0.25, 0.3) is 0 Å². The van der Waals surface area contributed by atoms with E-state index in [1.807, 2.05) is 0 Å². The maximum atomic E-state index is 12.1. The first-order valence-electron chi connectivity index (χ1n) is 7.20. The minimum Gasteiger partial charge on any atom is -0.353 e. The van der Waals surface area contributed by atoms with Crippen molar-refractivity contribution in [3.05, 3.63) is 38.9 Å². The summed E-state index contributed by atoms with van der Waals surface area (Å²) in [5.41, 5.74) is -0.644. The van der Waals surface area contributed by atoms with Gasteiger partial charge in [-0.3, -0.25) is 19.7 Å². The largest absolute Gasteiger partial charge is 0.353 e. The van der Waals surface area contributed by atoms with Crippen LogP contribution in [0.2, 0.25) is 5.02 Å². The van der Waals surface area contributed by atoms with Gasteiger partial charge >= 0.3 is 0 Å². The average Bonchev–Trinajstić information content (AvgIpc) is 3.03. The van der Waals surface area contributed by atoms with Crippen LogP contribution >= 0.6 is 11.6 Å². The highest BCUT2D eigenvalue weighted by molar-refractivity contribution is 6.34. The van der Waals surface area contributed by atoms with E-state index in [2.05, 4.69) is 16.0 Å². The van der Waals surface area contributed by atoms with Gasteiger partial charge in [0.25, 0.3) is 11.6 Å². The van der Waals surface area contributed by atoms with Crippen molar-refractivity contribution < 1.29 is 14.5 Å². The van der Waals surface area contributed by atoms with Crippen LogP contribution in [0.15, 0.2) is 18.2 Å². The molecule has 0 spiro atoms. The van der Waals surface area contributed by atoms with Gasteiger partial charge in [0.15, 0.2) is 0 Å². The van der Waals surface area contributed by atoms with Crippen LogP contribution in [0.1, 0.15) is 23.2 Å². The molecule has 0 aliphatic carbocycles. The van der Waals surface area contributed by atoms with E-state index in [1.54, 1.807) is 0 Å². The number of amides is 2. The second-order valence-electron chi connectivity index (χ2n) is 5.17. The fourth-order valence-electron chi connectivity index (χ4n) is 2.37. The van der Waals surface area contributed by atoms with Crippen molar-refractivity contribution in [3.63, 3.8) is 0 Å². The Kier molecular flexibility index (Phi) is 5.89. The molecule has 1 fully saturated rings.